The van der Waals surface area contributed by atoms with Crippen LogP contribution in [0.4, 0.5) is 8.78 Å². The maximum absolute atomic E-state index is 13.7. The van der Waals surface area contributed by atoms with Crippen LogP contribution in [0.2, 0.25) is 0 Å². The number of sulfonamides is 1. The van der Waals surface area contributed by atoms with Crippen LogP contribution in [0.25, 0.3) is 0 Å². The van der Waals surface area contributed by atoms with Gasteiger partial charge >= 0.3 is 0 Å². The number of rotatable bonds is 6. The van der Waals surface area contributed by atoms with Gasteiger partial charge in [-0.25, -0.2) is 21.9 Å². The zero-order valence-electron chi connectivity index (χ0n) is 12.3. The van der Waals surface area contributed by atoms with Crippen LogP contribution in [0, 0.1) is 11.6 Å². The summed E-state index contributed by atoms with van der Waals surface area (Å²) < 4.78 is 60.3. The van der Waals surface area contributed by atoms with Crippen molar-refractivity contribution >= 4 is 10.0 Å². The summed E-state index contributed by atoms with van der Waals surface area (Å²) in [6.07, 6.45) is 4.66. The van der Waals surface area contributed by atoms with Gasteiger partial charge in [0.05, 0.1) is 6.26 Å². The van der Waals surface area contributed by atoms with E-state index in [2.05, 4.69) is 9.82 Å². The molecule has 3 aromatic rings. The molecule has 126 valence electrons. The Bertz CT molecular complexity index is 875. The highest BCUT2D eigenvalue weighted by Crippen LogP contribution is 2.20. The summed E-state index contributed by atoms with van der Waals surface area (Å²) in [6, 6.07) is 6.76. The molecular formula is C15H13F2N3O3S. The summed E-state index contributed by atoms with van der Waals surface area (Å²) in [4.78, 5) is -0.623. The van der Waals surface area contributed by atoms with Gasteiger partial charge in [-0.05, 0) is 30.3 Å². The number of nitrogens with zero attached hydrogens (tertiary/aromatic N) is 2. The molecule has 9 heteroatoms. The smallest absolute Gasteiger partial charge is 0.243 e. The van der Waals surface area contributed by atoms with E-state index >= 15 is 0 Å². The molecule has 1 N–H and O–H groups in total. The first-order chi connectivity index (χ1) is 11.5. The van der Waals surface area contributed by atoms with E-state index in [9.17, 15) is 17.2 Å². The van der Waals surface area contributed by atoms with Gasteiger partial charge < -0.3 is 4.42 Å². The predicted octanol–water partition coefficient (Wildman–Crippen LogP) is 2.32. The molecule has 6 nitrogen and oxygen atoms in total. The third kappa shape index (κ3) is 3.36. The van der Waals surface area contributed by atoms with E-state index in [0.717, 1.165) is 12.1 Å². The number of hydrogen-bond acceptors (Lipinski definition) is 4. The SMILES string of the molecule is O=S(=O)(NCC(c1ccco1)n1cccn1)c1ccc(F)cc1F. The Morgan fingerprint density at radius 1 is 1.25 bits per heavy atom. The summed E-state index contributed by atoms with van der Waals surface area (Å²) in [5, 5.41) is 4.07. The lowest BCUT2D eigenvalue weighted by atomic mass is 10.2. The number of furan rings is 1. The van der Waals surface area contributed by atoms with Crippen LogP contribution >= 0.6 is 0 Å². The second-order valence-electron chi connectivity index (χ2n) is 4.94. The molecule has 0 amide bonds. The van der Waals surface area contributed by atoms with Crippen LogP contribution in [-0.4, -0.2) is 24.7 Å². The molecule has 2 heterocycles. The van der Waals surface area contributed by atoms with Gasteiger partial charge in [-0.3, -0.25) is 4.68 Å². The van der Waals surface area contributed by atoms with Gasteiger partial charge in [0.2, 0.25) is 10.0 Å². The van der Waals surface area contributed by atoms with Gasteiger partial charge in [-0.15, -0.1) is 0 Å². The van der Waals surface area contributed by atoms with E-state index in [1.807, 2.05) is 0 Å². The maximum atomic E-state index is 13.7. The molecule has 0 aliphatic heterocycles. The molecule has 0 spiro atoms. The summed E-state index contributed by atoms with van der Waals surface area (Å²) in [7, 11) is -4.16. The molecule has 1 atom stereocenters. The highest BCUT2D eigenvalue weighted by atomic mass is 32.2. The van der Waals surface area contributed by atoms with E-state index in [4.69, 9.17) is 4.42 Å². The average molecular weight is 353 g/mol. The fraction of sp³-hybridized carbons (Fsp3) is 0.133. The lowest BCUT2D eigenvalue weighted by molar-refractivity contribution is 0.402. The van der Waals surface area contributed by atoms with Gasteiger partial charge in [-0.1, -0.05) is 0 Å². The molecule has 0 saturated carbocycles. The van der Waals surface area contributed by atoms with Gasteiger partial charge in [0.25, 0.3) is 0 Å². The van der Waals surface area contributed by atoms with E-state index in [1.165, 1.54) is 10.9 Å². The Morgan fingerprint density at radius 3 is 2.71 bits per heavy atom. The lowest BCUT2D eigenvalue weighted by Crippen LogP contribution is -2.32. The summed E-state index contributed by atoms with van der Waals surface area (Å²) >= 11 is 0. The van der Waals surface area contributed by atoms with Crippen molar-refractivity contribution in [2.75, 3.05) is 6.54 Å². The monoisotopic (exact) mass is 353 g/mol. The van der Waals surface area contributed by atoms with Crippen LogP contribution < -0.4 is 4.72 Å². The van der Waals surface area contributed by atoms with Gasteiger partial charge in [-0.2, -0.15) is 5.10 Å². The Balaban J connectivity index is 1.84. The molecule has 1 unspecified atom stereocenters. The van der Waals surface area contributed by atoms with Crippen molar-refractivity contribution in [1.29, 1.82) is 0 Å². The fourth-order valence-corrected chi connectivity index (χ4v) is 3.33. The Morgan fingerprint density at radius 2 is 2.08 bits per heavy atom. The first kappa shape index (κ1) is 16.3. The van der Waals surface area contributed by atoms with Gasteiger partial charge in [0, 0.05) is 25.0 Å². The number of hydrogen-bond donors (Lipinski definition) is 1. The highest BCUT2D eigenvalue weighted by molar-refractivity contribution is 7.89. The first-order valence-corrected chi connectivity index (χ1v) is 8.43. The molecule has 2 aromatic heterocycles. The molecule has 3 rings (SSSR count). The molecule has 0 bridgehead atoms. The van der Waals surface area contributed by atoms with Gasteiger partial charge in [0.1, 0.15) is 28.3 Å². The molecule has 24 heavy (non-hydrogen) atoms. The zero-order chi connectivity index (χ0) is 17.2. The minimum absolute atomic E-state index is 0.117. The zero-order valence-corrected chi connectivity index (χ0v) is 13.1. The van der Waals surface area contributed by atoms with Crippen molar-refractivity contribution < 1.29 is 21.6 Å². The molecule has 1 aromatic carbocycles. The van der Waals surface area contributed by atoms with Crippen molar-refractivity contribution in [2.24, 2.45) is 0 Å². The van der Waals surface area contributed by atoms with Crippen molar-refractivity contribution in [3.63, 3.8) is 0 Å². The highest BCUT2D eigenvalue weighted by Gasteiger charge is 2.24. The molecule has 0 aliphatic rings. The van der Waals surface area contributed by atoms with Crippen LogP contribution in [0.3, 0.4) is 0 Å². The second-order valence-corrected chi connectivity index (χ2v) is 6.68. The first-order valence-electron chi connectivity index (χ1n) is 6.94. The molecule has 0 fully saturated rings. The number of halogens is 2. The van der Waals surface area contributed by atoms with Crippen molar-refractivity contribution in [1.82, 2.24) is 14.5 Å². The third-order valence-electron chi connectivity index (χ3n) is 3.37. The van der Waals surface area contributed by atoms with Crippen LogP contribution in [-0.2, 0) is 10.0 Å². The minimum atomic E-state index is -4.16. The lowest BCUT2D eigenvalue weighted by Gasteiger charge is -2.16. The topological polar surface area (TPSA) is 77.1 Å². The number of aromatic nitrogens is 2. The van der Waals surface area contributed by atoms with Crippen molar-refractivity contribution in [2.45, 2.75) is 10.9 Å². The van der Waals surface area contributed by atoms with Crippen molar-refractivity contribution in [3.8, 4) is 0 Å². The third-order valence-corrected chi connectivity index (χ3v) is 4.82. The Hall–Kier alpha value is -2.52. The molecule has 0 saturated heterocycles. The number of benzene rings is 1. The maximum Gasteiger partial charge on any atom is 0.243 e. The molecular weight excluding hydrogens is 340 g/mol. The van der Waals surface area contributed by atoms with E-state index in [-0.39, 0.29) is 6.54 Å². The number of nitrogens with one attached hydrogen (secondary N) is 1. The standard InChI is InChI=1S/C15H13F2N3O3S/c16-11-4-5-15(12(17)9-11)24(21,22)19-10-13(14-3-1-8-23-14)20-7-2-6-18-20/h1-9,13,19H,10H2. The summed E-state index contributed by atoms with van der Waals surface area (Å²) in [5.41, 5.74) is 0. The van der Waals surface area contributed by atoms with Crippen LogP contribution in [0.5, 0.6) is 0 Å². The fourth-order valence-electron chi connectivity index (χ4n) is 2.23. The summed E-state index contributed by atoms with van der Waals surface area (Å²) in [6.45, 7) is -0.117. The van der Waals surface area contributed by atoms with Crippen LogP contribution in [0.1, 0.15) is 11.8 Å². The van der Waals surface area contributed by atoms with Gasteiger partial charge in [0.15, 0.2) is 0 Å². The van der Waals surface area contributed by atoms with E-state index in [1.54, 1.807) is 30.6 Å². The molecule has 0 radical (unpaired) electrons. The Labute approximate surface area is 136 Å². The quantitative estimate of drug-likeness (QED) is 0.738. The van der Waals surface area contributed by atoms with Crippen LogP contribution in [0.15, 0.2) is 64.4 Å². The van der Waals surface area contributed by atoms with E-state index in [0.29, 0.717) is 11.8 Å². The second kappa shape index (κ2) is 6.54. The predicted molar refractivity (Wildman–Crippen MR) is 80.6 cm³/mol. The average Bonchev–Trinajstić information content (AvgIpc) is 3.20. The summed E-state index contributed by atoms with van der Waals surface area (Å²) in [5.74, 6) is -1.52. The van der Waals surface area contributed by atoms with E-state index < -0.39 is 32.6 Å². The molecule has 0 aliphatic carbocycles. The normalized spacial score (nSPS) is 13.1. The van der Waals surface area contributed by atoms with Crippen molar-refractivity contribution in [3.05, 3.63) is 72.4 Å². The largest absolute Gasteiger partial charge is 0.467 e. The Kier molecular flexibility index (Phi) is 4.45. The minimum Gasteiger partial charge on any atom is -0.467 e.